The van der Waals surface area contributed by atoms with Crippen LogP contribution in [0.2, 0.25) is 5.02 Å². The van der Waals surface area contributed by atoms with Crippen molar-refractivity contribution in [3.8, 4) is 0 Å². The standard InChI is InChI=1S/C12H15ClFNO4S/c1-3-19-12(16)8-15(20(17,18)4-2)11-6-5-9(14)7-10(11)13/h5-7H,3-4,8H2,1-2H3. The molecule has 0 aliphatic rings. The van der Waals surface area contributed by atoms with Crippen LogP contribution in [0.25, 0.3) is 0 Å². The molecule has 8 heteroatoms. The third-order valence-electron chi connectivity index (χ3n) is 2.46. The van der Waals surface area contributed by atoms with Crippen LogP contribution in [0.3, 0.4) is 0 Å². The molecule has 1 rings (SSSR count). The van der Waals surface area contributed by atoms with Gasteiger partial charge in [-0.25, -0.2) is 12.8 Å². The number of sulfonamides is 1. The molecule has 0 aromatic heterocycles. The number of rotatable bonds is 6. The van der Waals surface area contributed by atoms with Gasteiger partial charge in [-0.2, -0.15) is 0 Å². The molecule has 0 atom stereocenters. The van der Waals surface area contributed by atoms with Crippen molar-refractivity contribution in [2.45, 2.75) is 13.8 Å². The van der Waals surface area contributed by atoms with E-state index in [1.807, 2.05) is 0 Å². The number of halogens is 2. The van der Waals surface area contributed by atoms with Crippen LogP contribution in [0.5, 0.6) is 0 Å². The lowest BCUT2D eigenvalue weighted by Gasteiger charge is -2.23. The molecule has 5 nitrogen and oxygen atoms in total. The fraction of sp³-hybridized carbons (Fsp3) is 0.417. The average molecular weight is 324 g/mol. The van der Waals surface area contributed by atoms with E-state index in [1.165, 1.54) is 13.0 Å². The normalized spacial score (nSPS) is 11.2. The topological polar surface area (TPSA) is 63.7 Å². The van der Waals surface area contributed by atoms with Gasteiger partial charge in [-0.1, -0.05) is 11.6 Å². The van der Waals surface area contributed by atoms with Gasteiger partial charge in [0, 0.05) is 0 Å². The number of carbonyl (C=O) groups is 1. The van der Waals surface area contributed by atoms with E-state index in [0.29, 0.717) is 0 Å². The summed E-state index contributed by atoms with van der Waals surface area (Å²) in [5.74, 6) is -1.52. The van der Waals surface area contributed by atoms with Crippen LogP contribution in [-0.2, 0) is 19.6 Å². The van der Waals surface area contributed by atoms with Crippen molar-refractivity contribution in [2.75, 3.05) is 23.2 Å². The highest BCUT2D eigenvalue weighted by molar-refractivity contribution is 7.92. The monoisotopic (exact) mass is 323 g/mol. The van der Waals surface area contributed by atoms with Gasteiger partial charge in [0.15, 0.2) is 0 Å². The van der Waals surface area contributed by atoms with Crippen LogP contribution in [0.4, 0.5) is 10.1 Å². The number of esters is 1. The highest BCUT2D eigenvalue weighted by Gasteiger charge is 2.26. The maximum absolute atomic E-state index is 13.0. The van der Waals surface area contributed by atoms with Crippen LogP contribution in [0.1, 0.15) is 13.8 Å². The van der Waals surface area contributed by atoms with Crippen molar-refractivity contribution in [2.24, 2.45) is 0 Å². The van der Waals surface area contributed by atoms with Crippen LogP contribution in [0, 0.1) is 5.82 Å². The summed E-state index contributed by atoms with van der Waals surface area (Å²) in [5.41, 5.74) is 0.0444. The van der Waals surface area contributed by atoms with Gasteiger partial charge < -0.3 is 4.74 Å². The Kier molecular flexibility index (Phi) is 5.76. The second-order valence-corrected chi connectivity index (χ2v) is 6.40. The van der Waals surface area contributed by atoms with E-state index in [0.717, 1.165) is 16.4 Å². The molecule has 0 amide bonds. The number of anilines is 1. The van der Waals surface area contributed by atoms with Crippen LogP contribution < -0.4 is 4.31 Å². The Morgan fingerprint density at radius 2 is 2.05 bits per heavy atom. The lowest BCUT2D eigenvalue weighted by molar-refractivity contribution is -0.141. The molecule has 0 heterocycles. The van der Waals surface area contributed by atoms with E-state index >= 15 is 0 Å². The summed E-state index contributed by atoms with van der Waals surface area (Å²) in [6, 6.07) is 3.27. The predicted molar refractivity (Wildman–Crippen MR) is 74.8 cm³/mol. The smallest absolute Gasteiger partial charge is 0.326 e. The Balaban J connectivity index is 3.20. The molecule has 0 spiro atoms. The highest BCUT2D eigenvalue weighted by Crippen LogP contribution is 2.28. The fourth-order valence-corrected chi connectivity index (χ4v) is 2.89. The van der Waals surface area contributed by atoms with Crippen LogP contribution in [-0.4, -0.2) is 33.3 Å². The molecule has 0 aliphatic heterocycles. The van der Waals surface area contributed by atoms with Gasteiger partial charge in [-0.15, -0.1) is 0 Å². The molecular formula is C12H15ClFNO4S. The molecule has 0 saturated heterocycles. The molecule has 0 fully saturated rings. The third-order valence-corrected chi connectivity index (χ3v) is 4.49. The van der Waals surface area contributed by atoms with Gasteiger partial charge in [-0.3, -0.25) is 9.10 Å². The minimum Gasteiger partial charge on any atom is -0.465 e. The van der Waals surface area contributed by atoms with E-state index in [1.54, 1.807) is 6.92 Å². The molecule has 0 aliphatic carbocycles. The van der Waals surface area contributed by atoms with E-state index in [4.69, 9.17) is 16.3 Å². The first kappa shape index (κ1) is 16.7. The SMILES string of the molecule is CCOC(=O)CN(c1ccc(F)cc1Cl)S(=O)(=O)CC. The van der Waals surface area contributed by atoms with E-state index in [2.05, 4.69) is 0 Å². The van der Waals surface area contributed by atoms with Gasteiger partial charge in [0.25, 0.3) is 0 Å². The molecule has 0 unspecified atom stereocenters. The molecule has 1 aromatic rings. The number of hydrogen-bond donors (Lipinski definition) is 0. The Morgan fingerprint density at radius 3 is 2.55 bits per heavy atom. The van der Waals surface area contributed by atoms with E-state index in [9.17, 15) is 17.6 Å². The second kappa shape index (κ2) is 6.90. The zero-order chi connectivity index (χ0) is 15.3. The number of nitrogens with zero attached hydrogens (tertiary/aromatic N) is 1. The summed E-state index contributed by atoms with van der Waals surface area (Å²) in [7, 11) is -3.74. The summed E-state index contributed by atoms with van der Waals surface area (Å²) in [6.45, 7) is 2.68. The summed E-state index contributed by atoms with van der Waals surface area (Å²) >= 11 is 5.85. The van der Waals surface area contributed by atoms with Crippen molar-refractivity contribution in [3.05, 3.63) is 29.0 Å². The third kappa shape index (κ3) is 4.08. The Labute approximate surface area is 122 Å². The van der Waals surface area contributed by atoms with Crippen LogP contribution >= 0.6 is 11.6 Å². The largest absolute Gasteiger partial charge is 0.465 e. The summed E-state index contributed by atoms with van der Waals surface area (Å²) in [4.78, 5) is 11.5. The number of carbonyl (C=O) groups excluding carboxylic acids is 1. The van der Waals surface area contributed by atoms with Crippen molar-refractivity contribution in [1.82, 2.24) is 0 Å². The molecule has 112 valence electrons. The van der Waals surface area contributed by atoms with E-state index < -0.39 is 28.4 Å². The maximum atomic E-state index is 13.0. The van der Waals surface area contributed by atoms with Gasteiger partial charge in [0.1, 0.15) is 12.4 Å². The number of ether oxygens (including phenoxy) is 1. The first-order valence-corrected chi connectivity index (χ1v) is 7.91. The minimum absolute atomic E-state index is 0.0444. The molecule has 0 radical (unpaired) electrons. The van der Waals surface area contributed by atoms with Gasteiger partial charge in [0.2, 0.25) is 10.0 Å². The minimum atomic E-state index is -3.74. The van der Waals surface area contributed by atoms with Gasteiger partial charge in [-0.05, 0) is 32.0 Å². The zero-order valence-electron chi connectivity index (χ0n) is 11.1. The van der Waals surface area contributed by atoms with Crippen molar-refractivity contribution >= 4 is 33.3 Å². The summed E-state index contributed by atoms with van der Waals surface area (Å²) in [6.07, 6.45) is 0. The lowest BCUT2D eigenvalue weighted by atomic mass is 10.3. The van der Waals surface area contributed by atoms with Crippen molar-refractivity contribution in [3.63, 3.8) is 0 Å². The quantitative estimate of drug-likeness (QED) is 0.753. The number of benzene rings is 1. The Bertz CT molecular complexity index is 591. The van der Waals surface area contributed by atoms with Crippen LogP contribution in [0.15, 0.2) is 18.2 Å². The first-order chi connectivity index (χ1) is 9.31. The second-order valence-electron chi connectivity index (χ2n) is 3.81. The molecule has 0 N–H and O–H groups in total. The Morgan fingerprint density at radius 1 is 1.40 bits per heavy atom. The molecule has 0 saturated carbocycles. The fourth-order valence-electron chi connectivity index (χ4n) is 1.50. The predicted octanol–water partition coefficient (Wildman–Crippen LogP) is 2.20. The first-order valence-electron chi connectivity index (χ1n) is 5.93. The van der Waals surface area contributed by atoms with Gasteiger partial charge in [0.05, 0.1) is 23.1 Å². The van der Waals surface area contributed by atoms with E-state index in [-0.39, 0.29) is 23.1 Å². The molecule has 0 bridgehead atoms. The summed E-state index contributed by atoms with van der Waals surface area (Å²) < 4.78 is 42.7. The molecular weight excluding hydrogens is 309 g/mol. The van der Waals surface area contributed by atoms with Gasteiger partial charge >= 0.3 is 5.97 Å². The van der Waals surface area contributed by atoms with Crippen molar-refractivity contribution < 1.29 is 22.3 Å². The summed E-state index contributed by atoms with van der Waals surface area (Å²) in [5, 5.41) is -0.0914. The molecule has 20 heavy (non-hydrogen) atoms. The highest BCUT2D eigenvalue weighted by atomic mass is 35.5. The number of hydrogen-bond acceptors (Lipinski definition) is 4. The zero-order valence-corrected chi connectivity index (χ0v) is 12.7. The molecule has 1 aromatic carbocycles. The Hall–Kier alpha value is -1.34. The lowest BCUT2D eigenvalue weighted by Crippen LogP contribution is -2.37. The maximum Gasteiger partial charge on any atom is 0.326 e. The average Bonchev–Trinajstić information content (AvgIpc) is 2.37. The van der Waals surface area contributed by atoms with Crippen molar-refractivity contribution in [1.29, 1.82) is 0 Å².